The van der Waals surface area contributed by atoms with Crippen LogP contribution in [0.5, 0.6) is 0 Å². The molecule has 0 aliphatic carbocycles. The second-order valence-corrected chi connectivity index (χ2v) is 5.39. The van der Waals surface area contributed by atoms with Crippen LogP contribution in [-0.4, -0.2) is 42.4 Å². The van der Waals surface area contributed by atoms with Gasteiger partial charge >= 0.3 is 0 Å². The van der Waals surface area contributed by atoms with Crippen molar-refractivity contribution in [2.75, 3.05) is 36.5 Å². The number of nitrogens with zero attached hydrogens (tertiary/aromatic N) is 2. The molecule has 1 saturated heterocycles. The monoisotopic (exact) mass is 300 g/mol. The number of benzene rings is 1. The van der Waals surface area contributed by atoms with E-state index in [9.17, 15) is 4.79 Å². The average Bonchev–Trinajstić information content (AvgIpc) is 2.88. The van der Waals surface area contributed by atoms with Gasteiger partial charge in [0.2, 0.25) is 0 Å². The first-order valence-corrected chi connectivity index (χ1v) is 7.41. The number of H-pyrrole nitrogens is 1. The number of aromatic nitrogens is 2. The lowest BCUT2D eigenvalue weighted by molar-refractivity contribution is 0.102. The van der Waals surface area contributed by atoms with E-state index >= 15 is 0 Å². The third-order valence-corrected chi connectivity index (χ3v) is 3.97. The van der Waals surface area contributed by atoms with Crippen LogP contribution >= 0.6 is 0 Å². The van der Waals surface area contributed by atoms with Crippen molar-refractivity contribution < 1.29 is 9.53 Å². The number of morpholine rings is 1. The van der Waals surface area contributed by atoms with Gasteiger partial charge in [-0.05, 0) is 26.0 Å². The molecule has 0 radical (unpaired) electrons. The zero-order chi connectivity index (χ0) is 15.5. The fraction of sp³-hybridized carbons (Fsp3) is 0.375. The lowest BCUT2D eigenvalue weighted by atomic mass is 10.2. The summed E-state index contributed by atoms with van der Waals surface area (Å²) in [5.74, 6) is -0.192. The Morgan fingerprint density at radius 2 is 2.00 bits per heavy atom. The van der Waals surface area contributed by atoms with Gasteiger partial charge in [0.15, 0.2) is 5.69 Å². The number of amides is 1. The SMILES string of the molecule is Cc1[nH]nc(C(=O)Nc2ccccc2N2CCOCC2)c1C. The molecule has 0 atom stereocenters. The minimum atomic E-state index is -0.192. The van der Waals surface area contributed by atoms with Gasteiger partial charge in [-0.25, -0.2) is 0 Å². The predicted octanol–water partition coefficient (Wildman–Crippen LogP) is 2.12. The van der Waals surface area contributed by atoms with Crippen molar-refractivity contribution >= 4 is 17.3 Å². The summed E-state index contributed by atoms with van der Waals surface area (Å²) >= 11 is 0. The van der Waals surface area contributed by atoms with Gasteiger partial charge in [0.1, 0.15) is 0 Å². The molecule has 116 valence electrons. The third kappa shape index (κ3) is 2.82. The maximum atomic E-state index is 12.4. The Hall–Kier alpha value is -2.34. The number of hydrogen-bond donors (Lipinski definition) is 2. The molecular formula is C16H20N4O2. The van der Waals surface area contributed by atoms with Crippen LogP contribution in [0.4, 0.5) is 11.4 Å². The zero-order valence-electron chi connectivity index (χ0n) is 12.8. The number of anilines is 2. The molecule has 2 N–H and O–H groups in total. The van der Waals surface area contributed by atoms with E-state index in [2.05, 4.69) is 20.4 Å². The summed E-state index contributed by atoms with van der Waals surface area (Å²) in [4.78, 5) is 14.7. The molecule has 1 aliphatic heterocycles. The molecule has 1 aromatic heterocycles. The van der Waals surface area contributed by atoms with Crippen LogP contribution in [0.2, 0.25) is 0 Å². The van der Waals surface area contributed by atoms with E-state index in [1.165, 1.54) is 0 Å². The van der Waals surface area contributed by atoms with Gasteiger partial charge in [0.25, 0.3) is 5.91 Å². The number of nitrogens with one attached hydrogen (secondary N) is 2. The Balaban J connectivity index is 1.83. The van der Waals surface area contributed by atoms with Gasteiger partial charge in [0.05, 0.1) is 24.6 Å². The van der Waals surface area contributed by atoms with Gasteiger partial charge in [-0.15, -0.1) is 0 Å². The zero-order valence-corrected chi connectivity index (χ0v) is 12.8. The van der Waals surface area contributed by atoms with Gasteiger partial charge in [0, 0.05) is 24.3 Å². The first kappa shape index (κ1) is 14.6. The van der Waals surface area contributed by atoms with Crippen molar-refractivity contribution in [1.29, 1.82) is 0 Å². The molecule has 1 fully saturated rings. The van der Waals surface area contributed by atoms with Crippen LogP contribution in [0.15, 0.2) is 24.3 Å². The molecule has 0 saturated carbocycles. The highest BCUT2D eigenvalue weighted by atomic mass is 16.5. The molecule has 2 heterocycles. The van der Waals surface area contributed by atoms with Crippen molar-refractivity contribution in [2.24, 2.45) is 0 Å². The van der Waals surface area contributed by atoms with Crippen LogP contribution in [0, 0.1) is 13.8 Å². The van der Waals surface area contributed by atoms with E-state index in [4.69, 9.17) is 4.74 Å². The Labute approximate surface area is 129 Å². The Bertz CT molecular complexity index is 675. The minimum Gasteiger partial charge on any atom is -0.378 e. The van der Waals surface area contributed by atoms with Crippen molar-refractivity contribution in [3.63, 3.8) is 0 Å². The number of hydrogen-bond acceptors (Lipinski definition) is 4. The predicted molar refractivity (Wildman–Crippen MR) is 85.5 cm³/mol. The molecule has 22 heavy (non-hydrogen) atoms. The number of para-hydroxylation sites is 2. The number of rotatable bonds is 3. The lowest BCUT2D eigenvalue weighted by Gasteiger charge is -2.30. The first-order chi connectivity index (χ1) is 10.7. The maximum Gasteiger partial charge on any atom is 0.276 e. The highest BCUT2D eigenvalue weighted by Crippen LogP contribution is 2.27. The van der Waals surface area contributed by atoms with Gasteiger partial charge in [-0.1, -0.05) is 12.1 Å². The van der Waals surface area contributed by atoms with Crippen LogP contribution in [0.1, 0.15) is 21.7 Å². The lowest BCUT2D eigenvalue weighted by Crippen LogP contribution is -2.36. The fourth-order valence-corrected chi connectivity index (χ4v) is 2.55. The van der Waals surface area contributed by atoms with E-state index in [1.807, 2.05) is 38.1 Å². The number of carbonyl (C=O) groups is 1. The van der Waals surface area contributed by atoms with Crippen LogP contribution in [0.25, 0.3) is 0 Å². The second-order valence-electron chi connectivity index (χ2n) is 5.39. The average molecular weight is 300 g/mol. The molecule has 6 nitrogen and oxygen atoms in total. The Morgan fingerprint density at radius 3 is 2.68 bits per heavy atom. The standard InChI is InChI=1S/C16H20N4O2/c1-11-12(2)18-19-15(11)16(21)17-13-5-3-4-6-14(13)20-7-9-22-10-8-20/h3-6H,7-10H2,1-2H3,(H,17,21)(H,18,19). The summed E-state index contributed by atoms with van der Waals surface area (Å²) in [6, 6.07) is 7.83. The summed E-state index contributed by atoms with van der Waals surface area (Å²) in [7, 11) is 0. The third-order valence-electron chi connectivity index (χ3n) is 3.97. The Morgan fingerprint density at radius 1 is 1.27 bits per heavy atom. The molecule has 0 spiro atoms. The van der Waals surface area contributed by atoms with Crippen LogP contribution in [-0.2, 0) is 4.74 Å². The minimum absolute atomic E-state index is 0.192. The smallest absolute Gasteiger partial charge is 0.276 e. The van der Waals surface area contributed by atoms with E-state index in [-0.39, 0.29) is 5.91 Å². The van der Waals surface area contributed by atoms with E-state index in [1.54, 1.807) is 0 Å². The molecule has 0 bridgehead atoms. The van der Waals surface area contributed by atoms with Crippen molar-refractivity contribution in [3.05, 3.63) is 41.2 Å². The topological polar surface area (TPSA) is 70.2 Å². The highest BCUT2D eigenvalue weighted by molar-refractivity contribution is 6.05. The van der Waals surface area contributed by atoms with Gasteiger partial charge in [-0.3, -0.25) is 9.89 Å². The summed E-state index contributed by atoms with van der Waals surface area (Å²) in [6.07, 6.45) is 0. The molecule has 3 rings (SSSR count). The summed E-state index contributed by atoms with van der Waals surface area (Å²) in [5.41, 5.74) is 4.04. The number of ether oxygens (including phenoxy) is 1. The Kier molecular flexibility index (Phi) is 4.11. The van der Waals surface area contributed by atoms with Crippen molar-refractivity contribution in [1.82, 2.24) is 10.2 Å². The molecule has 1 aromatic carbocycles. The van der Waals surface area contributed by atoms with Crippen molar-refractivity contribution in [2.45, 2.75) is 13.8 Å². The van der Waals surface area contributed by atoms with Crippen LogP contribution < -0.4 is 10.2 Å². The number of aromatic amines is 1. The molecule has 2 aromatic rings. The van der Waals surface area contributed by atoms with Crippen LogP contribution in [0.3, 0.4) is 0 Å². The highest BCUT2D eigenvalue weighted by Gasteiger charge is 2.18. The fourth-order valence-electron chi connectivity index (χ4n) is 2.55. The molecular weight excluding hydrogens is 280 g/mol. The summed E-state index contributed by atoms with van der Waals surface area (Å²) < 4.78 is 5.39. The summed E-state index contributed by atoms with van der Waals surface area (Å²) in [6.45, 7) is 6.86. The van der Waals surface area contributed by atoms with E-state index < -0.39 is 0 Å². The molecule has 1 amide bonds. The van der Waals surface area contributed by atoms with Gasteiger partial charge in [-0.2, -0.15) is 5.10 Å². The van der Waals surface area contributed by atoms with E-state index in [0.717, 1.165) is 35.7 Å². The number of aryl methyl sites for hydroxylation is 1. The molecule has 6 heteroatoms. The van der Waals surface area contributed by atoms with Gasteiger partial charge < -0.3 is 15.0 Å². The normalized spacial score (nSPS) is 14.9. The van der Waals surface area contributed by atoms with Crippen molar-refractivity contribution in [3.8, 4) is 0 Å². The quantitative estimate of drug-likeness (QED) is 0.911. The summed E-state index contributed by atoms with van der Waals surface area (Å²) in [5, 5.41) is 9.90. The maximum absolute atomic E-state index is 12.4. The first-order valence-electron chi connectivity index (χ1n) is 7.41. The molecule has 1 aliphatic rings. The van der Waals surface area contributed by atoms with E-state index in [0.29, 0.717) is 18.9 Å². The number of carbonyl (C=O) groups excluding carboxylic acids is 1. The molecule has 0 unspecified atom stereocenters. The largest absolute Gasteiger partial charge is 0.378 e. The second kappa shape index (κ2) is 6.19.